The number of hydrogen-bond acceptors (Lipinski definition) is 2. The van der Waals surface area contributed by atoms with Gasteiger partial charge >= 0.3 is 0 Å². The van der Waals surface area contributed by atoms with Crippen molar-refractivity contribution in [2.24, 2.45) is 4.99 Å². The quantitative estimate of drug-likeness (QED) is 0.508. The number of hydrogen-bond donors (Lipinski definition) is 0. The number of thiocarbonyl (C=S) groups is 1. The first-order chi connectivity index (χ1) is 6.15. The summed E-state index contributed by atoms with van der Waals surface area (Å²) in [6.07, 6.45) is 0. The molecule has 0 aromatic heterocycles. The zero-order valence-corrected chi connectivity index (χ0v) is 7.69. The highest BCUT2D eigenvalue weighted by Crippen LogP contribution is 2.10. The number of aliphatic imine (C=N–C) groups is 1. The predicted molar refractivity (Wildman–Crippen MR) is 50.5 cm³/mol. The van der Waals surface area contributed by atoms with Gasteiger partial charge in [0.25, 0.3) is 5.91 Å². The number of halogens is 1. The van der Waals surface area contributed by atoms with Gasteiger partial charge in [0.2, 0.25) is 0 Å². The molecule has 0 unspecified atom stereocenters. The van der Waals surface area contributed by atoms with E-state index in [9.17, 15) is 9.18 Å². The van der Waals surface area contributed by atoms with Crippen LogP contribution in [0.25, 0.3) is 0 Å². The van der Waals surface area contributed by atoms with Crippen molar-refractivity contribution in [3.63, 3.8) is 0 Å². The van der Waals surface area contributed by atoms with E-state index in [1.807, 2.05) is 5.16 Å². The monoisotopic (exact) mass is 195 g/mol. The molecule has 0 heterocycles. The molecular formula is C9H6FNOS. The van der Waals surface area contributed by atoms with Crippen molar-refractivity contribution in [2.75, 3.05) is 0 Å². The molecule has 0 saturated heterocycles. The van der Waals surface area contributed by atoms with Crippen LogP contribution >= 0.6 is 12.2 Å². The Morgan fingerprint density at radius 3 is 2.85 bits per heavy atom. The van der Waals surface area contributed by atoms with Gasteiger partial charge in [0.05, 0.1) is 10.7 Å². The Balaban J connectivity index is 3.16. The number of amides is 1. The van der Waals surface area contributed by atoms with Crippen molar-refractivity contribution < 1.29 is 9.18 Å². The fraction of sp³-hybridized carbons (Fsp3) is 0.111. The highest BCUT2D eigenvalue weighted by atomic mass is 32.1. The molecule has 1 amide bonds. The molecule has 1 rings (SSSR count). The summed E-state index contributed by atoms with van der Waals surface area (Å²) in [6, 6.07) is 4.28. The zero-order chi connectivity index (χ0) is 9.84. The molecule has 0 bridgehead atoms. The fourth-order valence-corrected chi connectivity index (χ4v) is 0.978. The molecule has 0 N–H and O–H groups in total. The first-order valence-corrected chi connectivity index (χ1v) is 3.94. The summed E-state index contributed by atoms with van der Waals surface area (Å²) in [5, 5.41) is 1.90. The number of aryl methyl sites for hydroxylation is 1. The van der Waals surface area contributed by atoms with E-state index in [1.54, 1.807) is 13.0 Å². The minimum Gasteiger partial charge on any atom is -0.266 e. The molecule has 13 heavy (non-hydrogen) atoms. The summed E-state index contributed by atoms with van der Waals surface area (Å²) in [5.41, 5.74) is 0.670. The van der Waals surface area contributed by atoms with Crippen LogP contribution in [0.5, 0.6) is 0 Å². The minimum absolute atomic E-state index is 0.0806. The molecule has 0 saturated carbocycles. The molecule has 2 nitrogen and oxygen atoms in total. The Morgan fingerprint density at radius 1 is 1.62 bits per heavy atom. The maximum Gasteiger partial charge on any atom is 0.288 e. The largest absolute Gasteiger partial charge is 0.288 e. The lowest BCUT2D eigenvalue weighted by molar-refractivity contribution is 0.1000. The Labute approximate surface area is 80.1 Å². The number of carbonyl (C=O) groups is 1. The van der Waals surface area contributed by atoms with Gasteiger partial charge < -0.3 is 0 Å². The summed E-state index contributed by atoms with van der Waals surface area (Å²) >= 11 is 4.24. The third-order valence-electron chi connectivity index (χ3n) is 1.50. The summed E-state index contributed by atoms with van der Waals surface area (Å²) in [5.74, 6) is -1.29. The fourth-order valence-electron chi connectivity index (χ4n) is 0.895. The molecule has 0 atom stereocenters. The van der Waals surface area contributed by atoms with Crippen molar-refractivity contribution in [1.82, 2.24) is 0 Å². The van der Waals surface area contributed by atoms with Crippen molar-refractivity contribution >= 4 is 23.3 Å². The van der Waals surface area contributed by atoms with E-state index in [-0.39, 0.29) is 5.56 Å². The van der Waals surface area contributed by atoms with Gasteiger partial charge in [-0.05, 0) is 36.8 Å². The van der Waals surface area contributed by atoms with Gasteiger partial charge in [-0.2, -0.15) is 4.99 Å². The van der Waals surface area contributed by atoms with Gasteiger partial charge in [-0.3, -0.25) is 4.79 Å². The first-order valence-electron chi connectivity index (χ1n) is 3.53. The molecule has 0 radical (unpaired) electrons. The predicted octanol–water partition coefficient (Wildman–Crippen LogP) is 2.38. The number of carbonyl (C=O) groups excluding carboxylic acids is 1. The Kier molecular flexibility index (Phi) is 3.01. The molecular weight excluding hydrogens is 189 g/mol. The second kappa shape index (κ2) is 4.03. The van der Waals surface area contributed by atoms with Crippen molar-refractivity contribution in [1.29, 1.82) is 0 Å². The maximum absolute atomic E-state index is 13.1. The molecule has 0 aliphatic rings. The Hall–Kier alpha value is -1.38. The van der Waals surface area contributed by atoms with Gasteiger partial charge in [0.1, 0.15) is 5.82 Å². The minimum atomic E-state index is -0.701. The second-order valence-corrected chi connectivity index (χ2v) is 2.67. The summed E-state index contributed by atoms with van der Waals surface area (Å²) in [7, 11) is 0. The highest BCUT2D eigenvalue weighted by Gasteiger charge is 2.09. The first kappa shape index (κ1) is 9.71. The number of isothiocyanates is 1. The van der Waals surface area contributed by atoms with Gasteiger partial charge in [-0.25, -0.2) is 4.39 Å². The molecule has 4 heteroatoms. The smallest absolute Gasteiger partial charge is 0.266 e. The molecule has 0 aliphatic carbocycles. The summed E-state index contributed by atoms with van der Waals surface area (Å²) in [4.78, 5) is 14.2. The third-order valence-corrected chi connectivity index (χ3v) is 1.59. The lowest BCUT2D eigenvalue weighted by Crippen LogP contribution is -1.98. The standard InChI is InChI=1S/C9H6FNOS/c1-6-2-3-7(8(10)4-6)9(12)11-5-13/h2-4H,1H3. The van der Waals surface area contributed by atoms with Crippen LogP contribution in [0.15, 0.2) is 23.2 Å². The average molecular weight is 195 g/mol. The molecule has 0 spiro atoms. The van der Waals surface area contributed by atoms with Crippen LogP contribution in [-0.2, 0) is 0 Å². The topological polar surface area (TPSA) is 29.4 Å². The van der Waals surface area contributed by atoms with Crippen molar-refractivity contribution in [3.8, 4) is 0 Å². The molecule has 1 aromatic carbocycles. The molecule has 0 aliphatic heterocycles. The maximum atomic E-state index is 13.1. The van der Waals surface area contributed by atoms with Gasteiger partial charge in [-0.15, -0.1) is 0 Å². The van der Waals surface area contributed by atoms with Crippen LogP contribution in [0, 0.1) is 12.7 Å². The van der Waals surface area contributed by atoms with Crippen LogP contribution < -0.4 is 0 Å². The summed E-state index contributed by atoms with van der Waals surface area (Å²) in [6.45, 7) is 1.74. The van der Waals surface area contributed by atoms with E-state index in [2.05, 4.69) is 17.2 Å². The molecule has 0 fully saturated rings. The normalized spacial score (nSPS) is 9.08. The van der Waals surface area contributed by atoms with E-state index in [4.69, 9.17) is 0 Å². The zero-order valence-electron chi connectivity index (χ0n) is 6.87. The van der Waals surface area contributed by atoms with Crippen LogP contribution in [0.4, 0.5) is 4.39 Å². The van der Waals surface area contributed by atoms with Crippen LogP contribution in [0.2, 0.25) is 0 Å². The second-order valence-electron chi connectivity index (χ2n) is 2.49. The van der Waals surface area contributed by atoms with Gasteiger partial charge in [0, 0.05) is 0 Å². The average Bonchev–Trinajstić information content (AvgIpc) is 2.04. The molecule has 1 aromatic rings. The number of benzene rings is 1. The van der Waals surface area contributed by atoms with Crippen molar-refractivity contribution in [2.45, 2.75) is 6.92 Å². The van der Waals surface area contributed by atoms with Gasteiger partial charge in [-0.1, -0.05) is 6.07 Å². The lowest BCUT2D eigenvalue weighted by Gasteiger charge is -1.97. The van der Waals surface area contributed by atoms with E-state index < -0.39 is 11.7 Å². The van der Waals surface area contributed by atoms with Crippen LogP contribution in [-0.4, -0.2) is 11.1 Å². The highest BCUT2D eigenvalue weighted by molar-refractivity contribution is 7.78. The van der Waals surface area contributed by atoms with E-state index in [0.29, 0.717) is 0 Å². The Morgan fingerprint density at radius 2 is 2.31 bits per heavy atom. The number of rotatable bonds is 1. The van der Waals surface area contributed by atoms with E-state index >= 15 is 0 Å². The van der Waals surface area contributed by atoms with Gasteiger partial charge in [0.15, 0.2) is 0 Å². The van der Waals surface area contributed by atoms with Crippen molar-refractivity contribution in [3.05, 3.63) is 35.1 Å². The van der Waals surface area contributed by atoms with Crippen LogP contribution in [0.1, 0.15) is 15.9 Å². The molecule has 66 valence electrons. The number of nitrogens with zero attached hydrogens (tertiary/aromatic N) is 1. The Bertz CT molecular complexity index is 397. The third kappa shape index (κ3) is 2.28. The lowest BCUT2D eigenvalue weighted by atomic mass is 10.1. The summed E-state index contributed by atoms with van der Waals surface area (Å²) < 4.78 is 13.1. The van der Waals surface area contributed by atoms with Crippen LogP contribution in [0.3, 0.4) is 0 Å². The van der Waals surface area contributed by atoms with E-state index in [0.717, 1.165) is 5.56 Å². The SMILES string of the molecule is Cc1ccc(C(=O)N=C=S)c(F)c1. The van der Waals surface area contributed by atoms with E-state index in [1.165, 1.54) is 12.1 Å².